The van der Waals surface area contributed by atoms with Crippen molar-refractivity contribution in [2.45, 2.75) is 31.8 Å². The lowest BCUT2D eigenvalue weighted by Crippen LogP contribution is -2.54. The molecule has 25 heavy (non-hydrogen) atoms. The van der Waals surface area contributed by atoms with Gasteiger partial charge in [0.15, 0.2) is 0 Å². The highest BCUT2D eigenvalue weighted by atomic mass is 16.4. The molecule has 0 bridgehead atoms. The van der Waals surface area contributed by atoms with Gasteiger partial charge < -0.3 is 15.4 Å². The lowest BCUT2D eigenvalue weighted by atomic mass is 9.85. The fourth-order valence-electron chi connectivity index (χ4n) is 3.25. The number of hydrogen-bond donors (Lipinski definition) is 3. The van der Waals surface area contributed by atoms with Crippen LogP contribution in [0.4, 0.5) is 0 Å². The van der Waals surface area contributed by atoms with Crippen LogP contribution in [0.2, 0.25) is 0 Å². The Balaban J connectivity index is 1.53. The highest BCUT2D eigenvalue weighted by Gasteiger charge is 2.34. The number of carboxylic acids is 1. The molecular formula is C19H23N3O3. The summed E-state index contributed by atoms with van der Waals surface area (Å²) in [5, 5.41) is 11.9. The fourth-order valence-corrected chi connectivity index (χ4v) is 3.25. The summed E-state index contributed by atoms with van der Waals surface area (Å²) in [6.07, 6.45) is 1.58. The van der Waals surface area contributed by atoms with Crippen LogP contribution in [-0.4, -0.2) is 52.0 Å². The van der Waals surface area contributed by atoms with E-state index in [-0.39, 0.29) is 24.5 Å². The Bertz CT molecular complexity index is 735. The largest absolute Gasteiger partial charge is 0.480 e. The summed E-state index contributed by atoms with van der Waals surface area (Å²) < 4.78 is 0. The van der Waals surface area contributed by atoms with Gasteiger partial charge in [0.25, 0.3) is 5.91 Å². The zero-order valence-electron chi connectivity index (χ0n) is 14.2. The number of aliphatic carboxylic acids is 1. The Morgan fingerprint density at radius 1 is 1.20 bits per heavy atom. The number of carbonyl (C=O) groups is 2. The average Bonchev–Trinajstić information content (AvgIpc) is 3.06. The van der Waals surface area contributed by atoms with Gasteiger partial charge in [0, 0.05) is 17.8 Å². The van der Waals surface area contributed by atoms with Gasteiger partial charge in [-0.05, 0) is 37.1 Å². The molecule has 1 aromatic heterocycles. The number of amides is 1. The van der Waals surface area contributed by atoms with Crippen molar-refractivity contribution in [3.8, 4) is 11.3 Å². The molecule has 0 radical (unpaired) electrons. The monoisotopic (exact) mass is 341 g/mol. The van der Waals surface area contributed by atoms with Gasteiger partial charge in [0.1, 0.15) is 5.69 Å². The van der Waals surface area contributed by atoms with E-state index in [0.717, 1.165) is 24.1 Å². The molecule has 3 rings (SSSR count). The molecule has 1 saturated carbocycles. The van der Waals surface area contributed by atoms with E-state index in [0.29, 0.717) is 12.2 Å². The van der Waals surface area contributed by atoms with Crippen LogP contribution in [-0.2, 0) is 4.79 Å². The van der Waals surface area contributed by atoms with E-state index >= 15 is 0 Å². The van der Waals surface area contributed by atoms with E-state index < -0.39 is 5.97 Å². The summed E-state index contributed by atoms with van der Waals surface area (Å²) in [4.78, 5) is 28.3. The van der Waals surface area contributed by atoms with Crippen molar-refractivity contribution in [3.05, 3.63) is 48.2 Å². The molecule has 132 valence electrons. The zero-order chi connectivity index (χ0) is 17.8. The van der Waals surface area contributed by atoms with Crippen LogP contribution in [0.25, 0.3) is 11.3 Å². The Morgan fingerprint density at radius 3 is 2.56 bits per heavy atom. The number of carboxylic acid groups (broad SMARTS) is 1. The molecule has 0 spiro atoms. The second-order valence-electron chi connectivity index (χ2n) is 6.40. The molecule has 1 fully saturated rings. The first-order valence-corrected chi connectivity index (χ1v) is 8.58. The van der Waals surface area contributed by atoms with Crippen molar-refractivity contribution in [1.82, 2.24) is 15.2 Å². The van der Waals surface area contributed by atoms with Gasteiger partial charge in [-0.2, -0.15) is 0 Å². The number of benzene rings is 1. The number of likely N-dealkylation sites (N-methyl/N-ethyl adjacent to an activating group) is 1. The van der Waals surface area contributed by atoms with E-state index in [1.807, 2.05) is 48.2 Å². The summed E-state index contributed by atoms with van der Waals surface area (Å²) in [6.45, 7) is 2.71. The topological polar surface area (TPSA) is 85.4 Å². The van der Waals surface area contributed by atoms with Crippen molar-refractivity contribution in [2.75, 3.05) is 13.1 Å². The van der Waals surface area contributed by atoms with Crippen molar-refractivity contribution >= 4 is 11.9 Å². The fraction of sp³-hybridized carbons (Fsp3) is 0.368. The number of aromatic amines is 1. The van der Waals surface area contributed by atoms with Gasteiger partial charge in [-0.25, -0.2) is 0 Å². The molecule has 1 heterocycles. The molecule has 1 aliphatic carbocycles. The molecule has 1 aliphatic rings. The minimum Gasteiger partial charge on any atom is -0.480 e. The Kier molecular flexibility index (Phi) is 5.19. The smallest absolute Gasteiger partial charge is 0.317 e. The molecule has 2 aromatic rings. The molecule has 3 N–H and O–H groups in total. The maximum Gasteiger partial charge on any atom is 0.317 e. The highest BCUT2D eigenvalue weighted by Crippen LogP contribution is 2.26. The molecule has 1 amide bonds. The van der Waals surface area contributed by atoms with Gasteiger partial charge in [0.05, 0.1) is 6.54 Å². The number of carbonyl (C=O) groups excluding carboxylic acids is 1. The van der Waals surface area contributed by atoms with Gasteiger partial charge in [-0.3, -0.25) is 14.5 Å². The highest BCUT2D eigenvalue weighted by molar-refractivity contribution is 5.93. The lowest BCUT2D eigenvalue weighted by Gasteiger charge is -2.42. The van der Waals surface area contributed by atoms with Crippen LogP contribution in [0, 0.1) is 0 Å². The number of rotatable bonds is 7. The predicted molar refractivity (Wildman–Crippen MR) is 95.4 cm³/mol. The minimum atomic E-state index is -0.811. The average molecular weight is 341 g/mol. The normalized spacial score (nSPS) is 19.4. The first-order chi connectivity index (χ1) is 12.1. The van der Waals surface area contributed by atoms with Crippen LogP contribution in [0.15, 0.2) is 42.5 Å². The summed E-state index contributed by atoms with van der Waals surface area (Å²) >= 11 is 0. The molecule has 0 saturated heterocycles. The molecule has 0 aliphatic heterocycles. The summed E-state index contributed by atoms with van der Waals surface area (Å²) in [7, 11) is 0. The van der Waals surface area contributed by atoms with Crippen molar-refractivity contribution in [2.24, 2.45) is 0 Å². The first-order valence-electron chi connectivity index (χ1n) is 8.58. The quantitative estimate of drug-likeness (QED) is 0.722. The summed E-state index contributed by atoms with van der Waals surface area (Å²) in [5.74, 6) is -0.930. The molecule has 1 aromatic carbocycles. The first kappa shape index (κ1) is 17.2. The van der Waals surface area contributed by atoms with Gasteiger partial charge >= 0.3 is 5.97 Å². The lowest BCUT2D eigenvalue weighted by molar-refractivity contribution is -0.139. The molecule has 0 atom stereocenters. The zero-order valence-corrected chi connectivity index (χ0v) is 14.2. The van der Waals surface area contributed by atoms with Crippen LogP contribution in [0.1, 0.15) is 30.3 Å². The third-order valence-electron chi connectivity index (χ3n) is 4.72. The van der Waals surface area contributed by atoms with Gasteiger partial charge in [0.2, 0.25) is 0 Å². The second kappa shape index (κ2) is 7.53. The molecule has 0 unspecified atom stereocenters. The van der Waals surface area contributed by atoms with Crippen LogP contribution >= 0.6 is 0 Å². The number of H-pyrrole nitrogens is 1. The van der Waals surface area contributed by atoms with Gasteiger partial charge in [-0.15, -0.1) is 0 Å². The number of nitrogens with one attached hydrogen (secondary N) is 2. The van der Waals surface area contributed by atoms with Gasteiger partial charge in [-0.1, -0.05) is 37.3 Å². The molecule has 6 nitrogen and oxygen atoms in total. The van der Waals surface area contributed by atoms with Crippen molar-refractivity contribution < 1.29 is 14.7 Å². The second-order valence-corrected chi connectivity index (χ2v) is 6.40. The predicted octanol–water partition coefficient (Wildman–Crippen LogP) is 2.35. The maximum absolute atomic E-state index is 12.4. The van der Waals surface area contributed by atoms with E-state index in [9.17, 15) is 9.59 Å². The van der Waals surface area contributed by atoms with Crippen LogP contribution in [0.5, 0.6) is 0 Å². The Labute approximate surface area is 146 Å². The minimum absolute atomic E-state index is 0.0545. The number of hydrogen-bond acceptors (Lipinski definition) is 3. The maximum atomic E-state index is 12.4. The SMILES string of the molecule is CCN(CC(=O)O)C1CC(NC(=O)c2ccc(-c3ccccc3)[nH]2)C1. The van der Waals surface area contributed by atoms with Crippen LogP contribution in [0.3, 0.4) is 0 Å². The number of aromatic nitrogens is 1. The van der Waals surface area contributed by atoms with Crippen molar-refractivity contribution in [1.29, 1.82) is 0 Å². The molecular weight excluding hydrogens is 318 g/mol. The summed E-state index contributed by atoms with van der Waals surface area (Å²) in [5.41, 5.74) is 2.49. The van der Waals surface area contributed by atoms with E-state index in [2.05, 4.69) is 10.3 Å². The third-order valence-corrected chi connectivity index (χ3v) is 4.72. The Hall–Kier alpha value is -2.60. The van der Waals surface area contributed by atoms with Crippen molar-refractivity contribution in [3.63, 3.8) is 0 Å². The van der Waals surface area contributed by atoms with E-state index in [1.54, 1.807) is 6.07 Å². The van der Waals surface area contributed by atoms with E-state index in [1.165, 1.54) is 0 Å². The van der Waals surface area contributed by atoms with E-state index in [4.69, 9.17) is 5.11 Å². The third kappa shape index (κ3) is 4.09. The van der Waals surface area contributed by atoms with Crippen LogP contribution < -0.4 is 5.32 Å². The molecule has 6 heteroatoms. The number of nitrogens with zero attached hydrogens (tertiary/aromatic N) is 1. The Morgan fingerprint density at radius 2 is 1.92 bits per heavy atom. The summed E-state index contributed by atoms with van der Waals surface area (Å²) in [6, 6.07) is 13.9. The standard InChI is InChI=1S/C19H23N3O3/c1-2-22(12-18(23)24)15-10-14(11-15)20-19(25)17-9-8-16(21-17)13-6-4-3-5-7-13/h3-9,14-15,21H,2,10-12H2,1H3,(H,20,25)(H,23,24).